The Morgan fingerprint density at radius 3 is 2.10 bits per heavy atom. The van der Waals surface area contributed by atoms with Crippen molar-refractivity contribution in [3.8, 4) is 0 Å². The molecular weight excluding hydrogens is 284 g/mol. The van der Waals surface area contributed by atoms with Gasteiger partial charge >= 0.3 is 0 Å². The Morgan fingerprint density at radius 2 is 1.71 bits per heavy atom. The van der Waals surface area contributed by atoms with Crippen LogP contribution in [0.2, 0.25) is 0 Å². The topological polar surface area (TPSA) is 58.2 Å². The highest BCUT2D eigenvalue weighted by Crippen LogP contribution is 2.51. The average molecular weight is 310 g/mol. The fraction of sp³-hybridized carbons (Fsp3) is 0.625. The van der Waals surface area contributed by atoms with Gasteiger partial charge in [0.15, 0.2) is 0 Å². The largest absolute Gasteiger partial charge is 0.388 e. The molecule has 21 heavy (non-hydrogen) atoms. The van der Waals surface area contributed by atoms with Crippen LogP contribution in [0, 0.1) is 25.2 Å². The van der Waals surface area contributed by atoms with Crippen LogP contribution in [-0.2, 0) is 10.0 Å². The van der Waals surface area contributed by atoms with Crippen molar-refractivity contribution in [1.29, 1.82) is 0 Å². The number of rotatable bonds is 6. The number of hydrogen-bond donors (Lipinski definition) is 2. The van der Waals surface area contributed by atoms with Gasteiger partial charge in [0.25, 0.3) is 0 Å². The number of aryl methyl sites for hydroxylation is 2. The minimum absolute atomic E-state index is 0.166. The van der Waals surface area contributed by atoms with E-state index in [2.05, 4.69) is 23.9 Å². The number of hydrogen-bond acceptors (Lipinski definition) is 3. The molecule has 0 radical (unpaired) electrons. The molecule has 5 heteroatoms. The lowest BCUT2D eigenvalue weighted by atomic mass is 9.93. The number of sulfonamides is 1. The van der Waals surface area contributed by atoms with Gasteiger partial charge in [0.2, 0.25) is 10.0 Å². The highest BCUT2D eigenvalue weighted by molar-refractivity contribution is 7.89. The van der Waals surface area contributed by atoms with Crippen molar-refractivity contribution in [3.05, 3.63) is 23.3 Å². The standard InChI is InChI=1S/C16H26N2O2S/c1-11(2)16(6-7-16)10-18-21(19,20)15-12(3)8-14(17-5)9-13(15)4/h8-9,11,17-18H,6-7,10H2,1-5H3. The molecule has 0 aliphatic heterocycles. The van der Waals surface area contributed by atoms with Crippen molar-refractivity contribution in [2.24, 2.45) is 11.3 Å². The first kappa shape index (κ1) is 16.3. The number of nitrogens with one attached hydrogen (secondary N) is 2. The number of benzene rings is 1. The van der Waals surface area contributed by atoms with E-state index in [4.69, 9.17) is 0 Å². The maximum Gasteiger partial charge on any atom is 0.241 e. The van der Waals surface area contributed by atoms with Gasteiger partial charge in [-0.15, -0.1) is 0 Å². The van der Waals surface area contributed by atoms with Gasteiger partial charge < -0.3 is 5.32 Å². The highest BCUT2D eigenvalue weighted by Gasteiger charge is 2.45. The lowest BCUT2D eigenvalue weighted by Crippen LogP contribution is -2.33. The fourth-order valence-electron chi connectivity index (χ4n) is 2.95. The third-order valence-corrected chi connectivity index (χ3v) is 6.45. The Bertz CT molecular complexity index is 609. The molecule has 118 valence electrons. The summed E-state index contributed by atoms with van der Waals surface area (Å²) in [5, 5.41) is 3.05. The van der Waals surface area contributed by atoms with Crippen molar-refractivity contribution in [2.45, 2.75) is 45.4 Å². The first-order chi connectivity index (χ1) is 9.72. The van der Waals surface area contributed by atoms with E-state index >= 15 is 0 Å². The summed E-state index contributed by atoms with van der Waals surface area (Å²) in [6.45, 7) is 8.56. The van der Waals surface area contributed by atoms with Crippen molar-refractivity contribution >= 4 is 15.7 Å². The smallest absolute Gasteiger partial charge is 0.241 e. The Labute approximate surface area is 128 Å². The van der Waals surface area contributed by atoms with E-state index < -0.39 is 10.0 Å². The normalized spacial score (nSPS) is 17.0. The maximum absolute atomic E-state index is 12.6. The van der Waals surface area contributed by atoms with Crippen molar-refractivity contribution in [1.82, 2.24) is 4.72 Å². The van der Waals surface area contributed by atoms with Crippen LogP contribution < -0.4 is 10.0 Å². The molecule has 1 aliphatic rings. The zero-order chi connectivity index (χ0) is 15.8. The van der Waals surface area contributed by atoms with Gasteiger partial charge in [-0.05, 0) is 61.3 Å². The zero-order valence-electron chi connectivity index (χ0n) is 13.6. The third kappa shape index (κ3) is 3.24. The third-order valence-electron chi connectivity index (χ3n) is 4.75. The molecule has 0 bridgehead atoms. The quantitative estimate of drug-likeness (QED) is 0.849. The second-order valence-corrected chi connectivity index (χ2v) is 8.23. The van der Waals surface area contributed by atoms with Crippen LogP contribution in [0.4, 0.5) is 5.69 Å². The Hall–Kier alpha value is -1.07. The zero-order valence-corrected chi connectivity index (χ0v) is 14.4. The van der Waals surface area contributed by atoms with Crippen LogP contribution in [0.25, 0.3) is 0 Å². The Balaban J connectivity index is 2.24. The van der Waals surface area contributed by atoms with Gasteiger partial charge in [-0.2, -0.15) is 0 Å². The molecule has 2 N–H and O–H groups in total. The predicted octanol–water partition coefficient (Wildman–Crippen LogP) is 3.06. The first-order valence-corrected chi connectivity index (χ1v) is 8.99. The summed E-state index contributed by atoms with van der Waals surface area (Å²) in [6, 6.07) is 3.74. The molecule has 1 aliphatic carbocycles. The van der Waals surface area contributed by atoms with Crippen LogP contribution in [0.15, 0.2) is 17.0 Å². The molecule has 0 atom stereocenters. The molecule has 1 saturated carbocycles. The van der Waals surface area contributed by atoms with Crippen molar-refractivity contribution in [3.63, 3.8) is 0 Å². The van der Waals surface area contributed by atoms with E-state index in [1.165, 1.54) is 0 Å². The summed E-state index contributed by atoms with van der Waals surface area (Å²) in [6.07, 6.45) is 2.23. The second-order valence-electron chi connectivity index (χ2n) is 6.53. The molecule has 0 unspecified atom stereocenters. The van der Waals surface area contributed by atoms with Gasteiger partial charge in [-0.1, -0.05) is 13.8 Å². The Morgan fingerprint density at radius 1 is 1.19 bits per heavy atom. The molecule has 2 rings (SSSR count). The minimum Gasteiger partial charge on any atom is -0.388 e. The first-order valence-electron chi connectivity index (χ1n) is 7.50. The molecule has 0 saturated heterocycles. The van der Waals surface area contributed by atoms with E-state index in [0.717, 1.165) is 29.7 Å². The predicted molar refractivity (Wildman–Crippen MR) is 87.2 cm³/mol. The van der Waals surface area contributed by atoms with Gasteiger partial charge in [0.05, 0.1) is 4.90 Å². The van der Waals surface area contributed by atoms with Gasteiger partial charge in [0.1, 0.15) is 0 Å². The minimum atomic E-state index is -3.45. The van der Waals surface area contributed by atoms with E-state index in [1.54, 1.807) is 0 Å². The monoisotopic (exact) mass is 310 g/mol. The van der Waals surface area contributed by atoms with E-state index in [1.807, 2.05) is 33.0 Å². The summed E-state index contributed by atoms with van der Waals surface area (Å²) >= 11 is 0. The summed E-state index contributed by atoms with van der Waals surface area (Å²) in [5.74, 6) is 0.508. The maximum atomic E-state index is 12.6. The van der Waals surface area contributed by atoms with Crippen LogP contribution in [0.1, 0.15) is 37.8 Å². The van der Waals surface area contributed by atoms with E-state index in [0.29, 0.717) is 17.4 Å². The molecule has 0 aromatic heterocycles. The molecular formula is C16H26N2O2S. The number of anilines is 1. The van der Waals surface area contributed by atoms with Gasteiger partial charge in [-0.25, -0.2) is 13.1 Å². The average Bonchev–Trinajstić information content (AvgIpc) is 3.16. The molecule has 1 aromatic carbocycles. The lowest BCUT2D eigenvalue weighted by molar-refractivity contribution is 0.357. The Kier molecular flexibility index (Phi) is 4.36. The lowest BCUT2D eigenvalue weighted by Gasteiger charge is -2.21. The highest BCUT2D eigenvalue weighted by atomic mass is 32.2. The molecule has 0 spiro atoms. The van der Waals surface area contributed by atoms with Crippen LogP contribution in [0.3, 0.4) is 0 Å². The van der Waals surface area contributed by atoms with Crippen LogP contribution in [-0.4, -0.2) is 22.0 Å². The molecule has 0 amide bonds. The van der Waals surface area contributed by atoms with Crippen LogP contribution >= 0.6 is 0 Å². The van der Waals surface area contributed by atoms with E-state index in [9.17, 15) is 8.42 Å². The van der Waals surface area contributed by atoms with Gasteiger partial charge in [0, 0.05) is 19.3 Å². The summed E-state index contributed by atoms with van der Waals surface area (Å²) in [5.41, 5.74) is 2.66. The molecule has 4 nitrogen and oxygen atoms in total. The summed E-state index contributed by atoms with van der Waals surface area (Å²) < 4.78 is 28.1. The van der Waals surface area contributed by atoms with Crippen molar-refractivity contribution < 1.29 is 8.42 Å². The summed E-state index contributed by atoms with van der Waals surface area (Å²) in [7, 11) is -1.62. The fourth-order valence-corrected chi connectivity index (χ4v) is 4.54. The summed E-state index contributed by atoms with van der Waals surface area (Å²) in [4.78, 5) is 0.418. The molecule has 1 fully saturated rings. The second kappa shape index (κ2) is 5.61. The van der Waals surface area contributed by atoms with Crippen molar-refractivity contribution in [2.75, 3.05) is 18.9 Å². The van der Waals surface area contributed by atoms with Gasteiger partial charge in [-0.3, -0.25) is 0 Å². The SMILES string of the molecule is CNc1cc(C)c(S(=O)(=O)NCC2(C(C)C)CC2)c(C)c1. The van der Waals surface area contributed by atoms with E-state index in [-0.39, 0.29) is 5.41 Å². The van der Waals surface area contributed by atoms with Crippen LogP contribution in [0.5, 0.6) is 0 Å². The molecule has 1 aromatic rings. The molecule has 0 heterocycles.